The summed E-state index contributed by atoms with van der Waals surface area (Å²) in [7, 11) is 0. The fraction of sp³-hybridized carbons (Fsp3) is 0.615. The van der Waals surface area contributed by atoms with Crippen LogP contribution in [0.1, 0.15) is 32.6 Å². The number of nitrogens with two attached hydrogens (primary N) is 1. The molecule has 1 aromatic heterocycles. The van der Waals surface area contributed by atoms with Crippen LogP contribution >= 0.6 is 23.2 Å². The molecule has 0 amide bonds. The molecule has 1 saturated heterocycles. The van der Waals surface area contributed by atoms with Gasteiger partial charge in [-0.25, -0.2) is 4.98 Å². The predicted octanol–water partition coefficient (Wildman–Crippen LogP) is 3.99. The molecule has 1 fully saturated rings. The Hall–Kier alpha value is -0.670. The molecule has 3 nitrogen and oxygen atoms in total. The molecule has 0 aliphatic carbocycles. The lowest BCUT2D eigenvalue weighted by molar-refractivity contribution is 0.459. The van der Waals surface area contributed by atoms with Crippen LogP contribution in [0.5, 0.6) is 0 Å². The van der Waals surface area contributed by atoms with Gasteiger partial charge >= 0.3 is 0 Å². The molecule has 0 saturated carbocycles. The van der Waals surface area contributed by atoms with Crippen LogP contribution < -0.4 is 10.6 Å². The van der Waals surface area contributed by atoms with Gasteiger partial charge in [0, 0.05) is 13.1 Å². The van der Waals surface area contributed by atoms with Crippen molar-refractivity contribution in [1.82, 2.24) is 4.98 Å². The van der Waals surface area contributed by atoms with E-state index in [4.69, 9.17) is 28.9 Å². The maximum Gasteiger partial charge on any atom is 0.149 e. The van der Waals surface area contributed by atoms with Gasteiger partial charge < -0.3 is 10.6 Å². The highest BCUT2D eigenvalue weighted by molar-refractivity contribution is 6.37. The van der Waals surface area contributed by atoms with Crippen LogP contribution in [0.2, 0.25) is 10.0 Å². The Kier molecular flexibility index (Phi) is 4.57. The molecular formula is C13H19Cl2N3. The molecule has 100 valence electrons. The van der Waals surface area contributed by atoms with Crippen molar-refractivity contribution >= 4 is 34.8 Å². The number of hydrogen-bond acceptors (Lipinski definition) is 3. The average Bonchev–Trinajstić information content (AvgIpc) is 2.59. The van der Waals surface area contributed by atoms with Gasteiger partial charge in [0.1, 0.15) is 11.6 Å². The van der Waals surface area contributed by atoms with Gasteiger partial charge in [0.15, 0.2) is 0 Å². The van der Waals surface area contributed by atoms with E-state index in [-0.39, 0.29) is 0 Å². The minimum atomic E-state index is 0.354. The third kappa shape index (κ3) is 3.01. The minimum absolute atomic E-state index is 0.354. The highest BCUT2D eigenvalue weighted by Gasteiger charge is 2.19. The molecule has 1 unspecified atom stereocenters. The van der Waals surface area contributed by atoms with Crippen LogP contribution in [0, 0.1) is 5.92 Å². The zero-order chi connectivity index (χ0) is 13.1. The molecule has 18 heavy (non-hydrogen) atoms. The smallest absolute Gasteiger partial charge is 0.149 e. The molecule has 5 heteroatoms. The average molecular weight is 288 g/mol. The van der Waals surface area contributed by atoms with Gasteiger partial charge in [-0.2, -0.15) is 0 Å². The van der Waals surface area contributed by atoms with Gasteiger partial charge in [-0.05, 0) is 31.2 Å². The molecule has 1 aromatic rings. The molecule has 2 rings (SSSR count). The molecule has 0 radical (unpaired) electrons. The van der Waals surface area contributed by atoms with Crippen LogP contribution in [0.15, 0.2) is 6.07 Å². The number of pyridine rings is 1. The van der Waals surface area contributed by atoms with Crippen LogP contribution in [0.25, 0.3) is 0 Å². The lowest BCUT2D eigenvalue weighted by Gasteiger charge is -2.23. The number of halogens is 2. The van der Waals surface area contributed by atoms with Crippen molar-refractivity contribution in [2.24, 2.45) is 5.92 Å². The predicted molar refractivity (Wildman–Crippen MR) is 78.5 cm³/mol. The van der Waals surface area contributed by atoms with E-state index in [0.717, 1.165) is 24.8 Å². The Morgan fingerprint density at radius 1 is 1.33 bits per heavy atom. The van der Waals surface area contributed by atoms with E-state index >= 15 is 0 Å². The Labute approximate surface area is 118 Å². The monoisotopic (exact) mass is 287 g/mol. The van der Waals surface area contributed by atoms with Crippen molar-refractivity contribution in [2.75, 3.05) is 23.7 Å². The van der Waals surface area contributed by atoms with Gasteiger partial charge in [-0.1, -0.05) is 36.5 Å². The normalized spacial score (nSPS) is 20.8. The van der Waals surface area contributed by atoms with E-state index in [1.165, 1.54) is 25.7 Å². The highest BCUT2D eigenvalue weighted by Crippen LogP contribution is 2.32. The lowest BCUT2D eigenvalue weighted by Crippen LogP contribution is -2.25. The number of nitrogens with zero attached hydrogens (tertiary/aromatic N) is 2. The topological polar surface area (TPSA) is 42.2 Å². The number of hydrogen-bond donors (Lipinski definition) is 1. The van der Waals surface area contributed by atoms with Crippen LogP contribution in [0.3, 0.4) is 0 Å². The first-order valence-electron chi connectivity index (χ1n) is 6.48. The maximum atomic E-state index is 6.21. The molecule has 1 aliphatic rings. The number of nitrogen functional groups attached to an aromatic ring is 1. The summed E-state index contributed by atoms with van der Waals surface area (Å²) in [5.41, 5.74) is 5.76. The van der Waals surface area contributed by atoms with E-state index in [9.17, 15) is 0 Å². The van der Waals surface area contributed by atoms with Crippen LogP contribution in [-0.2, 0) is 0 Å². The lowest BCUT2D eigenvalue weighted by atomic mass is 9.98. The van der Waals surface area contributed by atoms with E-state index < -0.39 is 0 Å². The second kappa shape index (κ2) is 5.98. The number of anilines is 2. The molecule has 2 heterocycles. The third-order valence-electron chi connectivity index (χ3n) is 3.66. The second-order valence-electron chi connectivity index (χ2n) is 4.85. The summed E-state index contributed by atoms with van der Waals surface area (Å²) in [6.07, 6.45) is 4.90. The molecule has 1 atom stereocenters. The summed E-state index contributed by atoms with van der Waals surface area (Å²) in [5.74, 6) is 1.95. The van der Waals surface area contributed by atoms with Gasteiger partial charge in [0.25, 0.3) is 0 Å². The fourth-order valence-electron chi connectivity index (χ4n) is 2.48. The van der Waals surface area contributed by atoms with Crippen LogP contribution in [-0.4, -0.2) is 18.1 Å². The zero-order valence-electron chi connectivity index (χ0n) is 10.6. The number of aromatic nitrogens is 1. The van der Waals surface area contributed by atoms with E-state index in [1.807, 2.05) is 0 Å². The second-order valence-corrected chi connectivity index (χ2v) is 5.67. The third-order valence-corrected chi connectivity index (χ3v) is 4.24. The molecule has 0 spiro atoms. The summed E-state index contributed by atoms with van der Waals surface area (Å²) < 4.78 is 0. The summed E-state index contributed by atoms with van der Waals surface area (Å²) in [5, 5.41) is 1.01. The standard InChI is InChI=1S/C13H19Cl2N3/c1-2-9-4-3-6-18(7-5-9)13-11(15)8-10(14)12(16)17-13/h8-9H,2-7H2,1H3,(H2,16,17). The van der Waals surface area contributed by atoms with Gasteiger partial charge in [-0.15, -0.1) is 0 Å². The molecule has 0 aromatic carbocycles. The molecule has 2 N–H and O–H groups in total. The SMILES string of the molecule is CCC1CCCN(c2nc(N)c(Cl)cc2Cl)CC1. The Morgan fingerprint density at radius 2 is 2.11 bits per heavy atom. The minimum Gasteiger partial charge on any atom is -0.382 e. The largest absolute Gasteiger partial charge is 0.382 e. The summed E-state index contributed by atoms with van der Waals surface area (Å²) >= 11 is 12.1. The van der Waals surface area contributed by atoms with E-state index in [1.54, 1.807) is 6.07 Å². The van der Waals surface area contributed by atoms with Crippen molar-refractivity contribution in [3.05, 3.63) is 16.1 Å². The quantitative estimate of drug-likeness (QED) is 0.894. The van der Waals surface area contributed by atoms with Gasteiger partial charge in [0.2, 0.25) is 0 Å². The summed E-state index contributed by atoms with van der Waals surface area (Å²) in [6.45, 7) is 4.24. The maximum absolute atomic E-state index is 6.21. The molecule has 0 bridgehead atoms. The van der Waals surface area contributed by atoms with Crippen LogP contribution in [0.4, 0.5) is 11.6 Å². The molecular weight excluding hydrogens is 269 g/mol. The van der Waals surface area contributed by atoms with Crippen molar-refractivity contribution < 1.29 is 0 Å². The highest BCUT2D eigenvalue weighted by atomic mass is 35.5. The van der Waals surface area contributed by atoms with Crippen molar-refractivity contribution in [3.63, 3.8) is 0 Å². The number of rotatable bonds is 2. The van der Waals surface area contributed by atoms with E-state index in [0.29, 0.717) is 15.9 Å². The zero-order valence-corrected chi connectivity index (χ0v) is 12.1. The first-order valence-corrected chi connectivity index (χ1v) is 7.24. The summed E-state index contributed by atoms with van der Waals surface area (Å²) in [4.78, 5) is 6.56. The van der Waals surface area contributed by atoms with Crippen molar-refractivity contribution in [2.45, 2.75) is 32.6 Å². The first-order chi connectivity index (χ1) is 8.61. The first kappa shape index (κ1) is 13.8. The fourth-order valence-corrected chi connectivity index (χ4v) is 2.96. The Bertz CT molecular complexity index is 423. The van der Waals surface area contributed by atoms with E-state index in [2.05, 4.69) is 16.8 Å². The summed E-state index contributed by atoms with van der Waals surface area (Å²) in [6, 6.07) is 1.68. The van der Waals surface area contributed by atoms with Crippen molar-refractivity contribution in [1.29, 1.82) is 0 Å². The van der Waals surface area contributed by atoms with Gasteiger partial charge in [0.05, 0.1) is 10.0 Å². The Morgan fingerprint density at radius 3 is 2.83 bits per heavy atom. The van der Waals surface area contributed by atoms with Gasteiger partial charge in [-0.3, -0.25) is 0 Å². The molecule has 1 aliphatic heterocycles. The Balaban J connectivity index is 2.18. The van der Waals surface area contributed by atoms with Crippen molar-refractivity contribution in [3.8, 4) is 0 Å².